The number of methoxy groups -OCH3 is 1. The Kier molecular flexibility index (Phi) is 5.32. The van der Waals surface area contributed by atoms with Crippen LogP contribution in [0, 0.1) is 5.82 Å². The summed E-state index contributed by atoms with van der Waals surface area (Å²) in [5.74, 6) is 1.03. The van der Waals surface area contributed by atoms with Gasteiger partial charge >= 0.3 is 0 Å². The number of anilines is 1. The second-order valence-corrected chi connectivity index (χ2v) is 7.46. The standard InChI is InChI=1S/C20H20BrFN4O2/c1-25-6-8-26(9-7-25)16-11-15-13(10-18(16)27-2)20(24-12-23-15)28-17-5-3-4-14(22)19(17)21/h3-5,10-12H,6-9H2,1-2H3. The molecule has 1 aromatic heterocycles. The Morgan fingerprint density at radius 1 is 1.07 bits per heavy atom. The van der Waals surface area contributed by atoms with Gasteiger partial charge in [0.1, 0.15) is 23.6 Å². The quantitative estimate of drug-likeness (QED) is 0.601. The summed E-state index contributed by atoms with van der Waals surface area (Å²) in [7, 11) is 3.77. The molecule has 28 heavy (non-hydrogen) atoms. The summed E-state index contributed by atoms with van der Waals surface area (Å²) < 4.78 is 25.6. The predicted octanol–water partition coefficient (Wildman–Crippen LogP) is 4.08. The molecular weight excluding hydrogens is 427 g/mol. The monoisotopic (exact) mass is 446 g/mol. The molecule has 4 rings (SSSR count). The van der Waals surface area contributed by atoms with E-state index in [1.165, 1.54) is 12.4 Å². The van der Waals surface area contributed by atoms with Gasteiger partial charge in [-0.15, -0.1) is 0 Å². The number of nitrogens with zero attached hydrogens (tertiary/aromatic N) is 4. The van der Waals surface area contributed by atoms with Crippen molar-refractivity contribution in [2.75, 3.05) is 45.2 Å². The minimum atomic E-state index is -0.397. The molecule has 0 saturated carbocycles. The van der Waals surface area contributed by atoms with Crippen molar-refractivity contribution >= 4 is 32.5 Å². The second kappa shape index (κ2) is 7.89. The van der Waals surface area contributed by atoms with Gasteiger partial charge in [-0.1, -0.05) is 6.07 Å². The van der Waals surface area contributed by atoms with Crippen molar-refractivity contribution in [3.63, 3.8) is 0 Å². The van der Waals surface area contributed by atoms with Crippen LogP contribution in [-0.4, -0.2) is 55.2 Å². The van der Waals surface area contributed by atoms with Crippen molar-refractivity contribution in [1.82, 2.24) is 14.9 Å². The lowest BCUT2D eigenvalue weighted by atomic mass is 10.1. The van der Waals surface area contributed by atoms with E-state index in [0.29, 0.717) is 17.0 Å². The summed E-state index contributed by atoms with van der Waals surface area (Å²) in [6.07, 6.45) is 1.45. The molecule has 0 atom stereocenters. The number of halogens is 2. The molecule has 0 spiro atoms. The first-order valence-electron chi connectivity index (χ1n) is 8.95. The van der Waals surface area contributed by atoms with Crippen molar-refractivity contribution in [3.8, 4) is 17.4 Å². The Bertz CT molecular complexity index is 1010. The van der Waals surface area contributed by atoms with Crippen molar-refractivity contribution in [2.24, 2.45) is 0 Å². The van der Waals surface area contributed by atoms with Gasteiger partial charge in [0, 0.05) is 26.2 Å². The Morgan fingerprint density at radius 3 is 2.61 bits per heavy atom. The molecule has 1 fully saturated rings. The minimum absolute atomic E-state index is 0.253. The molecule has 2 heterocycles. The molecule has 0 unspecified atom stereocenters. The van der Waals surface area contributed by atoms with Crippen LogP contribution >= 0.6 is 15.9 Å². The van der Waals surface area contributed by atoms with E-state index in [-0.39, 0.29) is 4.47 Å². The van der Waals surface area contributed by atoms with Gasteiger partial charge in [0.2, 0.25) is 5.88 Å². The van der Waals surface area contributed by atoms with Crippen LogP contribution in [0.25, 0.3) is 10.9 Å². The summed E-state index contributed by atoms with van der Waals surface area (Å²) in [4.78, 5) is 13.2. The van der Waals surface area contributed by atoms with Gasteiger partial charge in [-0.05, 0) is 47.2 Å². The highest BCUT2D eigenvalue weighted by molar-refractivity contribution is 9.10. The third-order valence-corrected chi connectivity index (χ3v) is 5.64. The highest BCUT2D eigenvalue weighted by Gasteiger charge is 2.20. The summed E-state index contributed by atoms with van der Waals surface area (Å²) in [6, 6.07) is 8.50. The van der Waals surface area contributed by atoms with Crippen LogP contribution in [0.1, 0.15) is 0 Å². The van der Waals surface area contributed by atoms with E-state index < -0.39 is 5.82 Å². The van der Waals surface area contributed by atoms with Gasteiger partial charge in [0.15, 0.2) is 0 Å². The van der Waals surface area contributed by atoms with E-state index in [1.54, 1.807) is 19.2 Å². The number of hydrogen-bond acceptors (Lipinski definition) is 6. The Labute approximate surface area is 171 Å². The Hall–Kier alpha value is -2.45. The zero-order valence-corrected chi connectivity index (χ0v) is 17.2. The molecule has 1 aliphatic heterocycles. The maximum absolute atomic E-state index is 13.8. The van der Waals surface area contributed by atoms with Gasteiger partial charge in [-0.3, -0.25) is 0 Å². The summed E-state index contributed by atoms with van der Waals surface area (Å²) in [5.41, 5.74) is 1.74. The normalized spacial score (nSPS) is 15.1. The fraction of sp³-hybridized carbons (Fsp3) is 0.300. The first kappa shape index (κ1) is 18.9. The minimum Gasteiger partial charge on any atom is -0.495 e. The number of fused-ring (bicyclic) bond motifs is 1. The molecular formula is C20H20BrFN4O2. The first-order valence-corrected chi connectivity index (χ1v) is 9.74. The van der Waals surface area contributed by atoms with E-state index >= 15 is 0 Å². The van der Waals surface area contributed by atoms with Crippen LogP contribution in [0.2, 0.25) is 0 Å². The van der Waals surface area contributed by atoms with Crippen molar-refractivity contribution in [1.29, 1.82) is 0 Å². The number of rotatable bonds is 4. The molecule has 146 valence electrons. The van der Waals surface area contributed by atoms with E-state index in [0.717, 1.165) is 43.1 Å². The smallest absolute Gasteiger partial charge is 0.230 e. The highest BCUT2D eigenvalue weighted by Crippen LogP contribution is 2.38. The lowest BCUT2D eigenvalue weighted by Gasteiger charge is -2.34. The molecule has 0 radical (unpaired) electrons. The molecule has 0 bridgehead atoms. The largest absolute Gasteiger partial charge is 0.495 e. The van der Waals surface area contributed by atoms with Crippen LogP contribution in [0.5, 0.6) is 17.4 Å². The third kappa shape index (κ3) is 3.62. The van der Waals surface area contributed by atoms with E-state index in [9.17, 15) is 4.39 Å². The van der Waals surface area contributed by atoms with Crippen molar-refractivity contribution in [3.05, 3.63) is 46.9 Å². The zero-order valence-electron chi connectivity index (χ0n) is 15.7. The van der Waals surface area contributed by atoms with Crippen LogP contribution < -0.4 is 14.4 Å². The number of likely N-dealkylation sites (N-methyl/N-ethyl adjacent to an activating group) is 1. The lowest BCUT2D eigenvalue weighted by molar-refractivity contribution is 0.311. The number of aromatic nitrogens is 2. The Morgan fingerprint density at radius 2 is 1.86 bits per heavy atom. The van der Waals surface area contributed by atoms with Crippen LogP contribution in [0.15, 0.2) is 41.1 Å². The molecule has 3 aromatic rings. The number of benzene rings is 2. The highest BCUT2D eigenvalue weighted by atomic mass is 79.9. The maximum atomic E-state index is 13.8. The summed E-state index contributed by atoms with van der Waals surface area (Å²) >= 11 is 3.22. The SMILES string of the molecule is COc1cc2c(Oc3cccc(F)c3Br)ncnc2cc1N1CCN(C)CC1. The fourth-order valence-electron chi connectivity index (χ4n) is 3.25. The maximum Gasteiger partial charge on any atom is 0.230 e. The molecule has 1 aliphatic rings. The molecule has 8 heteroatoms. The summed E-state index contributed by atoms with van der Waals surface area (Å²) in [5, 5.41) is 0.702. The zero-order chi connectivity index (χ0) is 19.7. The van der Waals surface area contributed by atoms with E-state index in [1.807, 2.05) is 12.1 Å². The lowest BCUT2D eigenvalue weighted by Crippen LogP contribution is -2.44. The van der Waals surface area contributed by atoms with Gasteiger partial charge in [-0.2, -0.15) is 0 Å². The van der Waals surface area contributed by atoms with Gasteiger partial charge in [-0.25, -0.2) is 14.4 Å². The number of hydrogen-bond donors (Lipinski definition) is 0. The Balaban J connectivity index is 1.74. The van der Waals surface area contributed by atoms with Crippen LogP contribution in [-0.2, 0) is 0 Å². The average Bonchev–Trinajstić information content (AvgIpc) is 2.71. The van der Waals surface area contributed by atoms with Gasteiger partial charge in [0.25, 0.3) is 0 Å². The topological polar surface area (TPSA) is 50.7 Å². The molecule has 0 amide bonds. The first-order chi connectivity index (χ1) is 13.6. The van der Waals surface area contributed by atoms with Crippen LogP contribution in [0.4, 0.5) is 10.1 Å². The third-order valence-electron chi connectivity index (χ3n) is 4.87. The van der Waals surface area contributed by atoms with Crippen LogP contribution in [0.3, 0.4) is 0 Å². The molecule has 0 aliphatic carbocycles. The van der Waals surface area contributed by atoms with E-state index in [2.05, 4.69) is 42.7 Å². The summed E-state index contributed by atoms with van der Waals surface area (Å²) in [6.45, 7) is 3.83. The average molecular weight is 447 g/mol. The van der Waals surface area contributed by atoms with Gasteiger partial charge < -0.3 is 19.3 Å². The molecule has 6 nitrogen and oxygen atoms in total. The van der Waals surface area contributed by atoms with Gasteiger partial charge in [0.05, 0.1) is 28.2 Å². The molecule has 1 saturated heterocycles. The van der Waals surface area contributed by atoms with E-state index in [4.69, 9.17) is 9.47 Å². The predicted molar refractivity (Wildman–Crippen MR) is 110 cm³/mol. The molecule has 2 aromatic carbocycles. The van der Waals surface area contributed by atoms with Crippen molar-refractivity contribution < 1.29 is 13.9 Å². The second-order valence-electron chi connectivity index (χ2n) is 6.66. The number of piperazine rings is 1. The molecule has 0 N–H and O–H groups in total. The van der Waals surface area contributed by atoms with Crippen molar-refractivity contribution in [2.45, 2.75) is 0 Å². The fourth-order valence-corrected chi connectivity index (χ4v) is 3.60. The number of ether oxygens (including phenoxy) is 2.